The highest BCUT2D eigenvalue weighted by Crippen LogP contribution is 2.35. The number of nitrogens with zero attached hydrogens (tertiary/aromatic N) is 1. The van der Waals surface area contributed by atoms with Gasteiger partial charge in [-0.05, 0) is 57.8 Å². The molecule has 1 aromatic rings. The van der Waals surface area contributed by atoms with E-state index in [4.69, 9.17) is 4.74 Å². The molecule has 1 amide bonds. The lowest BCUT2D eigenvalue weighted by Crippen LogP contribution is -2.63. The summed E-state index contributed by atoms with van der Waals surface area (Å²) in [7, 11) is 0. The van der Waals surface area contributed by atoms with Crippen LogP contribution >= 0.6 is 0 Å². The SMILES string of the molecule is CC(=O)c1cccc(O[C@H](C)C(=O)NC[C@@]2(O)CN3CCC2CC3)c1. The first-order valence-corrected chi connectivity index (χ1v) is 8.87. The van der Waals surface area contributed by atoms with Crippen molar-refractivity contribution in [1.82, 2.24) is 10.2 Å². The molecule has 0 aliphatic carbocycles. The molecule has 6 heteroatoms. The molecule has 3 heterocycles. The van der Waals surface area contributed by atoms with Crippen molar-refractivity contribution in [3.63, 3.8) is 0 Å². The van der Waals surface area contributed by atoms with Crippen molar-refractivity contribution in [3.8, 4) is 5.75 Å². The molecule has 25 heavy (non-hydrogen) atoms. The van der Waals surface area contributed by atoms with Gasteiger partial charge in [0.15, 0.2) is 11.9 Å². The summed E-state index contributed by atoms with van der Waals surface area (Å²) >= 11 is 0. The largest absolute Gasteiger partial charge is 0.481 e. The second-order valence-electron chi connectivity index (χ2n) is 7.22. The van der Waals surface area contributed by atoms with Crippen LogP contribution in [0.2, 0.25) is 0 Å². The van der Waals surface area contributed by atoms with E-state index in [1.54, 1.807) is 31.2 Å². The summed E-state index contributed by atoms with van der Waals surface area (Å²) in [6, 6.07) is 6.79. The van der Waals surface area contributed by atoms with Crippen LogP contribution in [0.4, 0.5) is 0 Å². The average Bonchev–Trinajstić information content (AvgIpc) is 2.60. The minimum atomic E-state index is -0.847. The van der Waals surface area contributed by atoms with Crippen LogP contribution in [0.3, 0.4) is 0 Å². The number of ketones is 1. The van der Waals surface area contributed by atoms with E-state index in [0.29, 0.717) is 17.9 Å². The molecular formula is C19H26N2O4. The van der Waals surface area contributed by atoms with Gasteiger partial charge in [-0.25, -0.2) is 0 Å². The van der Waals surface area contributed by atoms with E-state index < -0.39 is 11.7 Å². The van der Waals surface area contributed by atoms with Gasteiger partial charge in [-0.1, -0.05) is 12.1 Å². The van der Waals surface area contributed by atoms with Crippen molar-refractivity contribution in [3.05, 3.63) is 29.8 Å². The van der Waals surface area contributed by atoms with Crippen LogP contribution in [0.15, 0.2) is 24.3 Å². The number of Topliss-reactive ketones (excluding diaryl/α,β-unsaturated/α-hetero) is 1. The van der Waals surface area contributed by atoms with Gasteiger partial charge in [-0.2, -0.15) is 0 Å². The monoisotopic (exact) mass is 346 g/mol. The van der Waals surface area contributed by atoms with Crippen LogP contribution in [0.5, 0.6) is 5.75 Å². The number of hydrogen-bond donors (Lipinski definition) is 2. The van der Waals surface area contributed by atoms with E-state index >= 15 is 0 Å². The van der Waals surface area contributed by atoms with Crippen LogP contribution in [-0.2, 0) is 4.79 Å². The minimum Gasteiger partial charge on any atom is -0.481 e. The molecule has 2 atom stereocenters. The van der Waals surface area contributed by atoms with E-state index in [9.17, 15) is 14.7 Å². The molecule has 2 bridgehead atoms. The Morgan fingerprint density at radius 1 is 1.40 bits per heavy atom. The van der Waals surface area contributed by atoms with Gasteiger partial charge in [0.1, 0.15) is 5.75 Å². The highest BCUT2D eigenvalue weighted by atomic mass is 16.5. The van der Waals surface area contributed by atoms with Crippen molar-refractivity contribution >= 4 is 11.7 Å². The Labute approximate surface area is 148 Å². The van der Waals surface area contributed by atoms with E-state index in [2.05, 4.69) is 10.2 Å². The van der Waals surface area contributed by atoms with Gasteiger partial charge in [0, 0.05) is 18.7 Å². The van der Waals surface area contributed by atoms with Gasteiger partial charge < -0.3 is 20.1 Å². The normalized spacial score (nSPS) is 29.1. The van der Waals surface area contributed by atoms with Gasteiger partial charge in [0.2, 0.25) is 0 Å². The zero-order valence-electron chi connectivity index (χ0n) is 14.8. The van der Waals surface area contributed by atoms with Crippen molar-refractivity contribution in [2.24, 2.45) is 5.92 Å². The number of hydrogen-bond acceptors (Lipinski definition) is 5. The van der Waals surface area contributed by atoms with Crippen LogP contribution in [0.1, 0.15) is 37.0 Å². The lowest BCUT2D eigenvalue weighted by Gasteiger charge is -2.50. The number of ether oxygens (including phenoxy) is 1. The predicted molar refractivity (Wildman–Crippen MR) is 93.7 cm³/mol. The van der Waals surface area contributed by atoms with Gasteiger partial charge in [0.25, 0.3) is 5.91 Å². The molecule has 6 nitrogen and oxygen atoms in total. The quantitative estimate of drug-likeness (QED) is 0.758. The highest BCUT2D eigenvalue weighted by Gasteiger charge is 2.45. The summed E-state index contributed by atoms with van der Waals surface area (Å²) in [5.41, 5.74) is -0.299. The Morgan fingerprint density at radius 3 is 2.72 bits per heavy atom. The fraction of sp³-hybridized carbons (Fsp3) is 0.579. The smallest absolute Gasteiger partial charge is 0.260 e. The summed E-state index contributed by atoms with van der Waals surface area (Å²) in [4.78, 5) is 26.0. The number of aliphatic hydroxyl groups is 1. The maximum atomic E-state index is 12.3. The molecule has 3 fully saturated rings. The van der Waals surface area contributed by atoms with Gasteiger partial charge in [0.05, 0.1) is 5.60 Å². The number of benzene rings is 1. The number of fused-ring (bicyclic) bond motifs is 3. The van der Waals surface area contributed by atoms with E-state index in [0.717, 1.165) is 25.9 Å². The Kier molecular flexibility index (Phi) is 5.11. The van der Waals surface area contributed by atoms with Crippen LogP contribution in [-0.4, -0.2) is 59.6 Å². The Hall–Kier alpha value is -1.92. The maximum Gasteiger partial charge on any atom is 0.260 e. The molecule has 3 saturated heterocycles. The summed E-state index contributed by atoms with van der Waals surface area (Å²) in [6.07, 6.45) is 1.26. The van der Waals surface area contributed by atoms with Gasteiger partial charge in [-0.15, -0.1) is 0 Å². The second kappa shape index (κ2) is 7.14. The first kappa shape index (κ1) is 17.9. The number of amides is 1. The molecule has 4 rings (SSSR count). The molecule has 2 N–H and O–H groups in total. The molecule has 0 saturated carbocycles. The van der Waals surface area contributed by atoms with Crippen molar-refractivity contribution < 1.29 is 19.4 Å². The molecule has 0 unspecified atom stereocenters. The average molecular weight is 346 g/mol. The molecule has 1 aromatic carbocycles. The van der Waals surface area contributed by atoms with Crippen LogP contribution in [0.25, 0.3) is 0 Å². The van der Waals surface area contributed by atoms with E-state index in [-0.39, 0.29) is 24.2 Å². The highest BCUT2D eigenvalue weighted by molar-refractivity contribution is 5.94. The number of piperidine rings is 3. The third-order valence-corrected chi connectivity index (χ3v) is 5.34. The molecule has 0 radical (unpaired) electrons. The zero-order chi connectivity index (χ0) is 18.0. The van der Waals surface area contributed by atoms with Crippen molar-refractivity contribution in [1.29, 1.82) is 0 Å². The van der Waals surface area contributed by atoms with Gasteiger partial charge >= 0.3 is 0 Å². The van der Waals surface area contributed by atoms with Crippen molar-refractivity contribution in [2.75, 3.05) is 26.2 Å². The lowest BCUT2D eigenvalue weighted by atomic mass is 9.75. The third-order valence-electron chi connectivity index (χ3n) is 5.34. The van der Waals surface area contributed by atoms with E-state index in [1.165, 1.54) is 6.92 Å². The fourth-order valence-electron chi connectivity index (χ4n) is 3.77. The minimum absolute atomic E-state index is 0.0490. The summed E-state index contributed by atoms with van der Waals surface area (Å²) in [6.45, 7) is 6.09. The number of carbonyl (C=O) groups excluding carboxylic acids is 2. The molecular weight excluding hydrogens is 320 g/mol. The predicted octanol–water partition coefficient (Wildman–Crippen LogP) is 1.23. The molecule has 0 spiro atoms. The second-order valence-corrected chi connectivity index (χ2v) is 7.22. The summed E-state index contributed by atoms with van der Waals surface area (Å²) < 4.78 is 5.65. The Bertz CT molecular complexity index is 655. The zero-order valence-corrected chi connectivity index (χ0v) is 14.8. The Morgan fingerprint density at radius 2 is 2.12 bits per heavy atom. The van der Waals surface area contributed by atoms with Crippen LogP contribution in [0, 0.1) is 5.92 Å². The lowest BCUT2D eigenvalue weighted by molar-refractivity contribution is -0.134. The molecule has 136 valence electrons. The standard InChI is InChI=1S/C19H26N2O4/c1-13(22)15-4-3-5-17(10-15)25-14(2)18(23)20-11-19(24)12-21-8-6-16(19)7-9-21/h3-5,10,14,16,24H,6-9,11-12H2,1-2H3,(H,20,23)/t14-,19-/m1/s1. The summed E-state index contributed by atoms with van der Waals surface area (Å²) in [5.74, 6) is 0.420. The number of rotatable bonds is 6. The number of nitrogens with one attached hydrogen (secondary N) is 1. The maximum absolute atomic E-state index is 12.3. The first-order valence-electron chi connectivity index (χ1n) is 8.87. The third kappa shape index (κ3) is 4.02. The number of carbonyl (C=O) groups is 2. The summed E-state index contributed by atoms with van der Waals surface area (Å²) in [5, 5.41) is 13.7. The topological polar surface area (TPSA) is 78.9 Å². The first-order chi connectivity index (χ1) is 11.9. The van der Waals surface area contributed by atoms with Crippen molar-refractivity contribution in [2.45, 2.75) is 38.4 Å². The van der Waals surface area contributed by atoms with Gasteiger partial charge in [-0.3, -0.25) is 9.59 Å². The molecule has 3 aliphatic heterocycles. The van der Waals surface area contributed by atoms with Crippen LogP contribution < -0.4 is 10.1 Å². The fourth-order valence-corrected chi connectivity index (χ4v) is 3.77. The van der Waals surface area contributed by atoms with E-state index in [1.807, 2.05) is 0 Å². The molecule has 0 aromatic heterocycles. The Balaban J connectivity index is 1.54. The molecule has 3 aliphatic rings.